The number of hydrogen-bond acceptors (Lipinski definition) is 0. The zero-order valence-corrected chi connectivity index (χ0v) is 13.7. The van der Waals surface area contributed by atoms with Crippen molar-refractivity contribution in [3.05, 3.63) is 71.0 Å². The van der Waals surface area contributed by atoms with E-state index in [4.69, 9.17) is 0 Å². The van der Waals surface area contributed by atoms with E-state index in [0.29, 0.717) is 0 Å². The molecule has 1 aliphatic carbocycles. The lowest BCUT2D eigenvalue weighted by atomic mass is 9.78. The second kappa shape index (κ2) is 7.47. The van der Waals surface area contributed by atoms with Crippen LogP contribution >= 0.6 is 0 Å². The Bertz CT molecular complexity index is 677. The third kappa shape index (κ3) is 4.23. The summed E-state index contributed by atoms with van der Waals surface area (Å²) >= 11 is 0. The van der Waals surface area contributed by atoms with Gasteiger partial charge in [0.05, 0.1) is 0 Å². The molecule has 2 aromatic carbocycles. The number of rotatable bonds is 2. The van der Waals surface area contributed by atoms with Crippen LogP contribution in [0.3, 0.4) is 0 Å². The molecule has 0 radical (unpaired) electrons. The van der Waals surface area contributed by atoms with Gasteiger partial charge in [0, 0.05) is 11.1 Å². The SMILES string of the molecule is CC[C@H]1CC[C@H](c2ccc(C#Cc3ccc(F)cc3)cc2)CC1. The number of benzene rings is 2. The monoisotopic (exact) mass is 306 g/mol. The average Bonchev–Trinajstić information content (AvgIpc) is 2.62. The summed E-state index contributed by atoms with van der Waals surface area (Å²) in [4.78, 5) is 0. The summed E-state index contributed by atoms with van der Waals surface area (Å²) in [6.07, 6.45) is 6.70. The Balaban J connectivity index is 1.65. The van der Waals surface area contributed by atoms with Gasteiger partial charge in [0.15, 0.2) is 0 Å². The van der Waals surface area contributed by atoms with Crippen LogP contribution in [-0.4, -0.2) is 0 Å². The molecule has 1 heteroatoms. The largest absolute Gasteiger partial charge is 0.207 e. The molecule has 23 heavy (non-hydrogen) atoms. The molecule has 0 unspecified atom stereocenters. The normalized spacial score (nSPS) is 20.6. The lowest BCUT2D eigenvalue weighted by molar-refractivity contribution is 0.319. The maximum absolute atomic E-state index is 12.9. The summed E-state index contributed by atoms with van der Waals surface area (Å²) in [6.45, 7) is 2.31. The molecule has 0 spiro atoms. The molecular formula is C22H23F. The molecule has 0 atom stereocenters. The summed E-state index contributed by atoms with van der Waals surface area (Å²) in [7, 11) is 0. The van der Waals surface area contributed by atoms with Gasteiger partial charge in [-0.1, -0.05) is 37.3 Å². The van der Waals surface area contributed by atoms with E-state index in [1.807, 2.05) is 0 Å². The second-order valence-corrected chi connectivity index (χ2v) is 6.50. The van der Waals surface area contributed by atoms with Crippen molar-refractivity contribution in [1.82, 2.24) is 0 Å². The fourth-order valence-corrected chi connectivity index (χ4v) is 3.42. The lowest BCUT2D eigenvalue weighted by Gasteiger charge is -2.28. The summed E-state index contributed by atoms with van der Waals surface area (Å²) in [5, 5.41) is 0. The molecule has 0 aromatic heterocycles. The average molecular weight is 306 g/mol. The van der Waals surface area contributed by atoms with Crippen LogP contribution in [0.1, 0.15) is 61.6 Å². The van der Waals surface area contributed by atoms with Gasteiger partial charge < -0.3 is 0 Å². The van der Waals surface area contributed by atoms with Crippen molar-refractivity contribution in [3.63, 3.8) is 0 Å². The minimum absolute atomic E-state index is 0.224. The van der Waals surface area contributed by atoms with Gasteiger partial charge in [0.2, 0.25) is 0 Å². The Morgan fingerprint density at radius 1 is 0.826 bits per heavy atom. The first-order chi connectivity index (χ1) is 11.2. The van der Waals surface area contributed by atoms with Gasteiger partial charge >= 0.3 is 0 Å². The highest BCUT2D eigenvalue weighted by molar-refractivity contribution is 5.43. The van der Waals surface area contributed by atoms with Crippen molar-refractivity contribution in [3.8, 4) is 11.8 Å². The number of hydrogen-bond donors (Lipinski definition) is 0. The Labute approximate surface area is 138 Å². The van der Waals surface area contributed by atoms with E-state index in [1.165, 1.54) is 49.8 Å². The van der Waals surface area contributed by atoms with Crippen LogP contribution in [-0.2, 0) is 0 Å². The molecule has 0 bridgehead atoms. The van der Waals surface area contributed by atoms with Crippen LogP contribution in [0.2, 0.25) is 0 Å². The standard InChI is InChI=1S/C22H23F/c1-2-17-5-11-20(12-6-17)21-13-7-18(8-14-21)3-4-19-9-15-22(23)16-10-19/h7-10,13-17,20H,2,5-6,11-12H2,1H3/t17-,20-. The van der Waals surface area contributed by atoms with Gasteiger partial charge in [-0.25, -0.2) is 4.39 Å². The maximum Gasteiger partial charge on any atom is 0.123 e. The first-order valence-electron chi connectivity index (χ1n) is 8.62. The molecule has 2 aromatic rings. The van der Waals surface area contributed by atoms with E-state index in [0.717, 1.165) is 23.0 Å². The highest BCUT2D eigenvalue weighted by Gasteiger charge is 2.20. The molecular weight excluding hydrogens is 283 g/mol. The Kier molecular flexibility index (Phi) is 5.13. The lowest BCUT2D eigenvalue weighted by Crippen LogP contribution is -2.12. The molecule has 0 nitrogen and oxygen atoms in total. The zero-order valence-electron chi connectivity index (χ0n) is 13.7. The topological polar surface area (TPSA) is 0 Å². The van der Waals surface area contributed by atoms with Crippen molar-refractivity contribution in [1.29, 1.82) is 0 Å². The Morgan fingerprint density at radius 3 is 1.87 bits per heavy atom. The summed E-state index contributed by atoms with van der Waals surface area (Å²) in [5.74, 6) is 7.67. The first kappa shape index (κ1) is 15.8. The van der Waals surface area contributed by atoms with Gasteiger partial charge in [-0.2, -0.15) is 0 Å². The Hall–Kier alpha value is -2.07. The first-order valence-corrected chi connectivity index (χ1v) is 8.62. The van der Waals surface area contributed by atoms with Crippen molar-refractivity contribution in [2.75, 3.05) is 0 Å². The molecule has 0 N–H and O–H groups in total. The summed E-state index contributed by atoms with van der Waals surface area (Å²) in [6, 6.07) is 15.0. The molecule has 0 heterocycles. The smallest absolute Gasteiger partial charge is 0.123 e. The summed E-state index contributed by atoms with van der Waals surface area (Å²) in [5.41, 5.74) is 3.31. The van der Waals surface area contributed by atoms with Crippen molar-refractivity contribution in [2.24, 2.45) is 5.92 Å². The van der Waals surface area contributed by atoms with Crippen LogP contribution in [0, 0.1) is 23.6 Å². The highest BCUT2D eigenvalue weighted by atomic mass is 19.1. The van der Waals surface area contributed by atoms with E-state index >= 15 is 0 Å². The predicted octanol–water partition coefficient (Wildman–Crippen LogP) is 5.91. The van der Waals surface area contributed by atoms with E-state index in [1.54, 1.807) is 12.1 Å². The van der Waals surface area contributed by atoms with Gasteiger partial charge in [0.1, 0.15) is 5.82 Å². The molecule has 3 rings (SSSR count). The van der Waals surface area contributed by atoms with Crippen molar-refractivity contribution in [2.45, 2.75) is 44.9 Å². The third-order valence-electron chi connectivity index (χ3n) is 5.00. The fourth-order valence-electron chi connectivity index (χ4n) is 3.42. The molecule has 118 valence electrons. The third-order valence-corrected chi connectivity index (χ3v) is 5.00. The van der Waals surface area contributed by atoms with E-state index in [-0.39, 0.29) is 5.82 Å². The van der Waals surface area contributed by atoms with Gasteiger partial charge in [-0.3, -0.25) is 0 Å². The fraction of sp³-hybridized carbons (Fsp3) is 0.364. The van der Waals surface area contributed by atoms with Crippen LogP contribution < -0.4 is 0 Å². The van der Waals surface area contributed by atoms with Gasteiger partial charge in [-0.05, 0) is 79.5 Å². The van der Waals surface area contributed by atoms with E-state index < -0.39 is 0 Å². The molecule has 1 aliphatic rings. The molecule has 0 saturated heterocycles. The van der Waals surface area contributed by atoms with Crippen LogP contribution in [0.5, 0.6) is 0 Å². The highest BCUT2D eigenvalue weighted by Crippen LogP contribution is 2.36. The minimum atomic E-state index is -0.224. The van der Waals surface area contributed by atoms with Crippen molar-refractivity contribution < 1.29 is 4.39 Å². The molecule has 1 fully saturated rings. The minimum Gasteiger partial charge on any atom is -0.207 e. The van der Waals surface area contributed by atoms with E-state index in [2.05, 4.69) is 43.0 Å². The van der Waals surface area contributed by atoms with E-state index in [9.17, 15) is 4.39 Å². The van der Waals surface area contributed by atoms with Gasteiger partial charge in [-0.15, -0.1) is 0 Å². The van der Waals surface area contributed by atoms with Crippen LogP contribution in [0.4, 0.5) is 4.39 Å². The quantitative estimate of drug-likeness (QED) is 0.605. The molecule has 0 aliphatic heterocycles. The van der Waals surface area contributed by atoms with Gasteiger partial charge in [0.25, 0.3) is 0 Å². The second-order valence-electron chi connectivity index (χ2n) is 6.50. The molecule has 0 amide bonds. The number of halogens is 1. The molecule has 1 saturated carbocycles. The summed E-state index contributed by atoms with van der Waals surface area (Å²) < 4.78 is 12.9. The maximum atomic E-state index is 12.9. The van der Waals surface area contributed by atoms with Crippen LogP contribution in [0.25, 0.3) is 0 Å². The van der Waals surface area contributed by atoms with Crippen molar-refractivity contribution >= 4 is 0 Å². The predicted molar refractivity (Wildman–Crippen MR) is 93.8 cm³/mol. The van der Waals surface area contributed by atoms with Crippen LogP contribution in [0.15, 0.2) is 48.5 Å². The zero-order chi connectivity index (χ0) is 16.1. The Morgan fingerprint density at radius 2 is 1.35 bits per heavy atom.